The Bertz CT molecular complexity index is 95.0. The van der Waals surface area contributed by atoms with E-state index in [2.05, 4.69) is 17.9 Å². The summed E-state index contributed by atoms with van der Waals surface area (Å²) in [6.07, 6.45) is 0. The predicted octanol–water partition coefficient (Wildman–Crippen LogP) is -0.620. The molecule has 4 heteroatoms. The van der Waals surface area contributed by atoms with Crippen LogP contribution in [0, 0.1) is 0 Å². The fraction of sp³-hybridized carbons (Fsp3) is 0.800. The second-order valence-electron chi connectivity index (χ2n) is 1.94. The molecule has 3 N–H and O–H groups in total. The summed E-state index contributed by atoms with van der Waals surface area (Å²) < 4.78 is 0. The van der Waals surface area contributed by atoms with Gasteiger partial charge in [0.25, 0.3) is 0 Å². The fourth-order valence-electron chi connectivity index (χ4n) is 0.331. The Morgan fingerprint density at radius 1 is 1.89 bits per heavy atom. The van der Waals surface area contributed by atoms with Gasteiger partial charge in [0.2, 0.25) is 5.91 Å². The monoisotopic (exact) mass is 148 g/mol. The van der Waals surface area contributed by atoms with Gasteiger partial charge in [-0.1, -0.05) is 0 Å². The molecular weight excluding hydrogens is 136 g/mol. The van der Waals surface area contributed by atoms with Crippen LogP contribution in [0.5, 0.6) is 0 Å². The highest BCUT2D eigenvalue weighted by Crippen LogP contribution is 1.74. The maximum Gasteiger partial charge on any atom is 0.229 e. The average molecular weight is 148 g/mol. The first-order valence-electron chi connectivity index (χ1n) is 2.80. The molecule has 0 aromatic heterocycles. The SMILES string of the molecule is CC(N)CNC(=O)CS. The summed E-state index contributed by atoms with van der Waals surface area (Å²) in [5.41, 5.74) is 5.36. The maximum absolute atomic E-state index is 10.5. The topological polar surface area (TPSA) is 55.1 Å². The molecule has 0 aliphatic carbocycles. The quantitative estimate of drug-likeness (QED) is 0.467. The number of nitrogens with one attached hydrogen (secondary N) is 1. The maximum atomic E-state index is 10.5. The summed E-state index contributed by atoms with van der Waals surface area (Å²) in [5, 5.41) is 2.59. The minimum Gasteiger partial charge on any atom is -0.354 e. The highest BCUT2D eigenvalue weighted by molar-refractivity contribution is 7.81. The Labute approximate surface area is 60.4 Å². The summed E-state index contributed by atoms with van der Waals surface area (Å²) in [6.45, 7) is 2.36. The molecule has 0 heterocycles. The third-order valence-corrected chi connectivity index (χ3v) is 1.05. The van der Waals surface area contributed by atoms with E-state index in [0.29, 0.717) is 6.54 Å². The van der Waals surface area contributed by atoms with Crippen molar-refractivity contribution in [2.75, 3.05) is 12.3 Å². The highest BCUT2D eigenvalue weighted by Gasteiger charge is 1.97. The second-order valence-corrected chi connectivity index (χ2v) is 2.26. The second kappa shape index (κ2) is 4.64. The molecule has 0 rings (SSSR count). The van der Waals surface area contributed by atoms with E-state index in [-0.39, 0.29) is 17.7 Å². The van der Waals surface area contributed by atoms with Crippen LogP contribution in [0.15, 0.2) is 0 Å². The molecule has 9 heavy (non-hydrogen) atoms. The first-order chi connectivity index (χ1) is 4.16. The van der Waals surface area contributed by atoms with Crippen molar-refractivity contribution in [3.63, 3.8) is 0 Å². The van der Waals surface area contributed by atoms with Gasteiger partial charge in [0.1, 0.15) is 0 Å². The number of nitrogens with two attached hydrogens (primary N) is 1. The summed E-state index contributed by atoms with van der Waals surface area (Å²) in [6, 6.07) is 0.0221. The van der Waals surface area contributed by atoms with Gasteiger partial charge >= 0.3 is 0 Å². The first kappa shape index (κ1) is 8.78. The third kappa shape index (κ3) is 5.65. The standard InChI is InChI=1S/C5H12N2OS/c1-4(6)2-7-5(8)3-9/h4,9H,2-3,6H2,1H3,(H,7,8). The molecule has 0 aromatic carbocycles. The molecule has 3 nitrogen and oxygen atoms in total. The van der Waals surface area contributed by atoms with E-state index in [0.717, 1.165) is 0 Å². The van der Waals surface area contributed by atoms with Gasteiger partial charge in [-0.15, -0.1) is 0 Å². The van der Waals surface area contributed by atoms with Crippen LogP contribution < -0.4 is 11.1 Å². The third-order valence-electron chi connectivity index (χ3n) is 0.765. The van der Waals surface area contributed by atoms with Crippen molar-refractivity contribution in [1.29, 1.82) is 0 Å². The van der Waals surface area contributed by atoms with E-state index in [1.54, 1.807) is 0 Å². The van der Waals surface area contributed by atoms with Crippen molar-refractivity contribution >= 4 is 18.5 Å². The zero-order valence-corrected chi connectivity index (χ0v) is 6.32. The van der Waals surface area contributed by atoms with Crippen LogP contribution in [0.25, 0.3) is 0 Å². The predicted molar refractivity (Wildman–Crippen MR) is 40.5 cm³/mol. The van der Waals surface area contributed by atoms with Gasteiger partial charge in [0.05, 0.1) is 5.75 Å². The Hall–Kier alpha value is -0.220. The number of amides is 1. The molecule has 54 valence electrons. The van der Waals surface area contributed by atoms with Crippen molar-refractivity contribution in [2.45, 2.75) is 13.0 Å². The Morgan fingerprint density at radius 2 is 2.44 bits per heavy atom. The molecule has 1 atom stereocenters. The van der Waals surface area contributed by atoms with Crippen LogP contribution in [0.3, 0.4) is 0 Å². The zero-order valence-electron chi connectivity index (χ0n) is 5.42. The molecule has 0 aliphatic heterocycles. The lowest BCUT2D eigenvalue weighted by Gasteiger charge is -2.04. The lowest BCUT2D eigenvalue weighted by atomic mass is 10.4. The van der Waals surface area contributed by atoms with E-state index >= 15 is 0 Å². The van der Waals surface area contributed by atoms with Crippen molar-refractivity contribution in [1.82, 2.24) is 5.32 Å². The number of carbonyl (C=O) groups is 1. The average Bonchev–Trinajstić information content (AvgIpc) is 1.83. The summed E-state index contributed by atoms with van der Waals surface area (Å²) in [7, 11) is 0. The minimum absolute atomic E-state index is 0.0221. The van der Waals surface area contributed by atoms with Gasteiger partial charge in [0.15, 0.2) is 0 Å². The molecule has 0 fully saturated rings. The fourth-order valence-corrected chi connectivity index (χ4v) is 0.443. The number of hydrogen-bond donors (Lipinski definition) is 3. The Balaban J connectivity index is 3.17. The van der Waals surface area contributed by atoms with Gasteiger partial charge in [-0.2, -0.15) is 12.6 Å². The lowest BCUT2D eigenvalue weighted by Crippen LogP contribution is -2.35. The molecule has 1 unspecified atom stereocenters. The Kier molecular flexibility index (Phi) is 4.53. The van der Waals surface area contributed by atoms with Gasteiger partial charge in [-0.05, 0) is 6.92 Å². The molecule has 1 amide bonds. The van der Waals surface area contributed by atoms with Crippen LogP contribution in [-0.4, -0.2) is 24.2 Å². The molecule has 0 spiro atoms. The van der Waals surface area contributed by atoms with Crippen molar-refractivity contribution < 1.29 is 4.79 Å². The van der Waals surface area contributed by atoms with Gasteiger partial charge in [0, 0.05) is 12.6 Å². The minimum atomic E-state index is -0.0735. The molecule has 0 saturated carbocycles. The molecule has 0 aliphatic rings. The van der Waals surface area contributed by atoms with Crippen molar-refractivity contribution in [3.05, 3.63) is 0 Å². The van der Waals surface area contributed by atoms with E-state index in [9.17, 15) is 4.79 Å². The largest absolute Gasteiger partial charge is 0.354 e. The first-order valence-corrected chi connectivity index (χ1v) is 3.43. The van der Waals surface area contributed by atoms with E-state index < -0.39 is 0 Å². The smallest absolute Gasteiger partial charge is 0.229 e. The molecule has 0 saturated heterocycles. The van der Waals surface area contributed by atoms with Crippen LogP contribution in [0.4, 0.5) is 0 Å². The van der Waals surface area contributed by atoms with Crippen LogP contribution in [0.2, 0.25) is 0 Å². The van der Waals surface area contributed by atoms with E-state index in [1.807, 2.05) is 6.92 Å². The zero-order chi connectivity index (χ0) is 7.28. The number of carbonyl (C=O) groups excluding carboxylic acids is 1. The van der Waals surface area contributed by atoms with Crippen LogP contribution in [-0.2, 0) is 4.79 Å². The highest BCUT2D eigenvalue weighted by atomic mass is 32.1. The number of thiol groups is 1. The van der Waals surface area contributed by atoms with Crippen molar-refractivity contribution in [2.24, 2.45) is 5.73 Å². The molecule has 0 bridgehead atoms. The summed E-state index contributed by atoms with van der Waals surface area (Å²) in [4.78, 5) is 10.5. The van der Waals surface area contributed by atoms with Crippen molar-refractivity contribution in [3.8, 4) is 0 Å². The van der Waals surface area contributed by atoms with Gasteiger partial charge < -0.3 is 11.1 Å². The van der Waals surface area contributed by atoms with Gasteiger partial charge in [-0.3, -0.25) is 4.79 Å². The summed E-state index contributed by atoms with van der Waals surface area (Å²) in [5.74, 6) is 0.155. The van der Waals surface area contributed by atoms with E-state index in [4.69, 9.17) is 5.73 Å². The lowest BCUT2D eigenvalue weighted by molar-refractivity contribution is -0.118. The number of hydrogen-bond acceptors (Lipinski definition) is 3. The molecule has 0 radical (unpaired) electrons. The summed E-state index contributed by atoms with van der Waals surface area (Å²) >= 11 is 3.77. The van der Waals surface area contributed by atoms with Crippen LogP contribution >= 0.6 is 12.6 Å². The van der Waals surface area contributed by atoms with Gasteiger partial charge in [-0.25, -0.2) is 0 Å². The molecule has 0 aromatic rings. The van der Waals surface area contributed by atoms with E-state index in [1.165, 1.54) is 0 Å². The molecular formula is C5H12N2OS. The number of rotatable bonds is 3. The Morgan fingerprint density at radius 3 is 2.78 bits per heavy atom. The normalized spacial score (nSPS) is 12.8. The van der Waals surface area contributed by atoms with Crippen LogP contribution in [0.1, 0.15) is 6.92 Å².